The number of amides is 2. The van der Waals surface area contributed by atoms with Crippen LogP contribution in [0.2, 0.25) is 5.02 Å². The minimum Gasteiger partial charge on any atom is -0.465 e. The van der Waals surface area contributed by atoms with Gasteiger partial charge in [0, 0.05) is 47.4 Å². The molecule has 0 aliphatic carbocycles. The zero-order valence-electron chi connectivity index (χ0n) is 25.5. The van der Waals surface area contributed by atoms with E-state index in [1.807, 2.05) is 13.8 Å². The molecule has 2 aromatic carbocycles. The lowest BCUT2D eigenvalue weighted by Gasteiger charge is -2.40. The highest BCUT2D eigenvalue weighted by Crippen LogP contribution is 2.39. The first-order chi connectivity index (χ1) is 21.4. The lowest BCUT2D eigenvalue weighted by Crippen LogP contribution is -2.57. The highest BCUT2D eigenvalue weighted by molar-refractivity contribution is 7.89. The molecule has 2 unspecified atom stereocenters. The van der Waals surface area contributed by atoms with Crippen LogP contribution in [0.5, 0.6) is 0 Å². The molecule has 45 heavy (non-hydrogen) atoms. The van der Waals surface area contributed by atoms with Crippen LogP contribution in [0.1, 0.15) is 63.0 Å². The van der Waals surface area contributed by atoms with Crippen LogP contribution in [0.15, 0.2) is 42.5 Å². The molecule has 13 heteroatoms. The summed E-state index contributed by atoms with van der Waals surface area (Å²) in [7, 11) is -3.42. The number of rotatable bonds is 9. The summed E-state index contributed by atoms with van der Waals surface area (Å²) in [5.41, 5.74) is 1.22. The van der Waals surface area contributed by atoms with Crippen LogP contribution in [-0.2, 0) is 26.0 Å². The number of hydrogen-bond acceptors (Lipinski definition) is 6. The second-order valence-electron chi connectivity index (χ2n) is 12.6. The van der Waals surface area contributed by atoms with Gasteiger partial charge in [-0.2, -0.15) is 4.31 Å². The zero-order chi connectivity index (χ0) is 32.3. The first kappa shape index (κ1) is 33.6. The summed E-state index contributed by atoms with van der Waals surface area (Å²) in [4.78, 5) is 26.1. The number of carbonyl (C=O) groups is 2. The molecule has 10 nitrogen and oxygen atoms in total. The fourth-order valence-corrected chi connectivity index (χ4v) is 9.25. The summed E-state index contributed by atoms with van der Waals surface area (Å²) in [6.07, 6.45) is 1.62. The van der Waals surface area contributed by atoms with Gasteiger partial charge in [0.15, 0.2) is 0 Å². The van der Waals surface area contributed by atoms with E-state index in [1.165, 1.54) is 12.1 Å². The van der Waals surface area contributed by atoms with Crippen LogP contribution >= 0.6 is 11.6 Å². The zero-order valence-corrected chi connectivity index (χ0v) is 27.1. The topological polar surface area (TPSA) is 137 Å². The van der Waals surface area contributed by atoms with Crippen molar-refractivity contribution in [1.82, 2.24) is 14.9 Å². The Morgan fingerprint density at radius 3 is 2.56 bits per heavy atom. The smallest absolute Gasteiger partial charge is 0.405 e. The number of carboxylic acid groups (broad SMARTS) is 1. The summed E-state index contributed by atoms with van der Waals surface area (Å²) in [5, 5.41) is 19.1. The maximum absolute atomic E-state index is 15.3. The van der Waals surface area contributed by atoms with Crippen LogP contribution in [0, 0.1) is 11.7 Å². The van der Waals surface area contributed by atoms with Crippen molar-refractivity contribution in [3.05, 3.63) is 64.4 Å². The number of halogens is 2. The minimum atomic E-state index is -3.42. The third-order valence-electron chi connectivity index (χ3n) is 9.28. The summed E-state index contributed by atoms with van der Waals surface area (Å²) in [6, 6.07) is 9.95. The first-order valence-corrected chi connectivity index (χ1v) is 17.6. The Morgan fingerprint density at radius 2 is 1.87 bits per heavy atom. The van der Waals surface area contributed by atoms with Gasteiger partial charge in [0.05, 0.1) is 18.0 Å². The van der Waals surface area contributed by atoms with Crippen molar-refractivity contribution >= 4 is 39.3 Å². The molecule has 5 rings (SSSR count). The second kappa shape index (κ2) is 14.3. The summed E-state index contributed by atoms with van der Waals surface area (Å²) in [6.45, 7) is 4.78. The molecule has 3 aliphatic rings. The molecule has 0 spiro atoms. The van der Waals surface area contributed by atoms with E-state index < -0.39 is 39.8 Å². The average molecular weight is 665 g/mol. The Kier molecular flexibility index (Phi) is 10.7. The van der Waals surface area contributed by atoms with Gasteiger partial charge in [0.2, 0.25) is 15.9 Å². The van der Waals surface area contributed by atoms with Gasteiger partial charge in [-0.3, -0.25) is 4.79 Å². The summed E-state index contributed by atoms with van der Waals surface area (Å²) < 4.78 is 48.7. The Bertz CT molecular complexity index is 1470. The average Bonchev–Trinajstić information content (AvgIpc) is 3.08. The predicted molar refractivity (Wildman–Crippen MR) is 171 cm³/mol. The van der Waals surface area contributed by atoms with E-state index in [-0.39, 0.29) is 53.6 Å². The lowest BCUT2D eigenvalue weighted by atomic mass is 9.74. The Balaban J connectivity index is 1.41. The standard InChI is InChI=1S/C32H42ClFN4O6S/c1-19-15-22(16-20(2)44-19)29(21-8-10-23(33)11-9-21)30(37-32(40)41)31(39)36-28-7-3-6-27(34)26(28)13-12-25-17-35-24-5-4-14-45(42,43)38(25)18-24/h3,6-11,19-20,22,24-25,29-30,35,37H,4-5,12-18H2,1-2H3,(H,36,39)(H,40,41)/t19-,20+,22?,24-,25+,29+,30+/m1/s1. The quantitative estimate of drug-likeness (QED) is 0.304. The fourth-order valence-electron chi connectivity index (χ4n) is 7.32. The Labute approximate surface area is 269 Å². The van der Waals surface area contributed by atoms with Crippen molar-refractivity contribution in [3.8, 4) is 0 Å². The second-order valence-corrected chi connectivity index (χ2v) is 15.1. The van der Waals surface area contributed by atoms with Gasteiger partial charge >= 0.3 is 6.09 Å². The SMILES string of the molecule is C[C@@H]1CC([C@H](c2ccc(Cl)cc2)[C@H](NC(=O)O)C(=O)Nc2cccc(F)c2CC[C@H]2CN[C@@H]3CCCS(=O)(=O)N2C3)C[C@H](C)O1. The molecule has 2 bridgehead atoms. The van der Waals surface area contributed by atoms with Gasteiger partial charge in [-0.1, -0.05) is 29.8 Å². The third-order valence-corrected chi connectivity index (χ3v) is 11.5. The third kappa shape index (κ3) is 8.15. The number of piperazine rings is 1. The lowest BCUT2D eigenvalue weighted by molar-refractivity contribution is -0.120. The Hall–Kier alpha value is -2.77. The number of ether oxygens (including phenoxy) is 1. The van der Waals surface area contributed by atoms with Crippen molar-refractivity contribution < 1.29 is 32.2 Å². The number of fused-ring (bicyclic) bond motifs is 2. The van der Waals surface area contributed by atoms with Gasteiger partial charge < -0.3 is 25.8 Å². The molecule has 0 saturated carbocycles. The van der Waals surface area contributed by atoms with Crippen LogP contribution in [0.3, 0.4) is 0 Å². The number of nitrogens with zero attached hydrogens (tertiary/aromatic N) is 1. The predicted octanol–water partition coefficient (Wildman–Crippen LogP) is 4.74. The molecule has 0 radical (unpaired) electrons. The van der Waals surface area contributed by atoms with Crippen LogP contribution in [-0.4, -0.2) is 79.0 Å². The van der Waals surface area contributed by atoms with Crippen molar-refractivity contribution in [2.45, 2.75) is 88.6 Å². The molecule has 2 aromatic rings. The molecule has 3 fully saturated rings. The van der Waals surface area contributed by atoms with Crippen LogP contribution in [0.4, 0.5) is 14.9 Å². The van der Waals surface area contributed by atoms with Crippen LogP contribution in [0.25, 0.3) is 0 Å². The molecular weight excluding hydrogens is 623 g/mol. The number of hydrogen-bond donors (Lipinski definition) is 4. The van der Waals surface area contributed by atoms with Gasteiger partial charge in [0.1, 0.15) is 11.9 Å². The van der Waals surface area contributed by atoms with Crippen molar-refractivity contribution in [1.29, 1.82) is 0 Å². The van der Waals surface area contributed by atoms with Crippen LogP contribution < -0.4 is 16.0 Å². The van der Waals surface area contributed by atoms with Crippen molar-refractivity contribution in [3.63, 3.8) is 0 Å². The van der Waals surface area contributed by atoms with E-state index in [2.05, 4.69) is 16.0 Å². The van der Waals surface area contributed by atoms with E-state index in [0.717, 1.165) is 12.0 Å². The molecular formula is C32H42ClFN4O6S. The molecule has 2 amide bonds. The van der Waals surface area contributed by atoms with Crippen molar-refractivity contribution in [2.75, 3.05) is 24.2 Å². The number of sulfonamides is 1. The molecule has 246 valence electrons. The van der Waals surface area contributed by atoms with Gasteiger partial charge in [-0.05, 0) is 88.1 Å². The molecule has 4 N–H and O–H groups in total. The Morgan fingerprint density at radius 1 is 1.16 bits per heavy atom. The summed E-state index contributed by atoms with van der Waals surface area (Å²) in [5.74, 6) is -1.71. The van der Waals surface area contributed by atoms with E-state index in [0.29, 0.717) is 43.8 Å². The largest absolute Gasteiger partial charge is 0.465 e. The van der Waals surface area contributed by atoms with Gasteiger partial charge in [0.25, 0.3) is 0 Å². The molecule has 3 aliphatic heterocycles. The number of anilines is 1. The van der Waals surface area contributed by atoms with E-state index >= 15 is 4.39 Å². The van der Waals surface area contributed by atoms with Gasteiger partial charge in [-0.15, -0.1) is 0 Å². The highest BCUT2D eigenvalue weighted by Gasteiger charge is 2.41. The number of nitrogens with one attached hydrogen (secondary N) is 3. The van der Waals surface area contributed by atoms with E-state index in [1.54, 1.807) is 34.6 Å². The molecule has 0 aromatic heterocycles. The van der Waals surface area contributed by atoms with E-state index in [4.69, 9.17) is 16.3 Å². The van der Waals surface area contributed by atoms with E-state index in [9.17, 15) is 23.1 Å². The highest BCUT2D eigenvalue weighted by atomic mass is 35.5. The molecule has 3 heterocycles. The number of carbonyl (C=O) groups excluding carboxylic acids is 1. The van der Waals surface area contributed by atoms with Gasteiger partial charge in [-0.25, -0.2) is 17.6 Å². The summed E-state index contributed by atoms with van der Waals surface area (Å²) >= 11 is 6.17. The maximum atomic E-state index is 15.3. The molecule has 8 atom stereocenters. The maximum Gasteiger partial charge on any atom is 0.405 e. The first-order valence-electron chi connectivity index (χ1n) is 15.6. The number of benzene rings is 2. The van der Waals surface area contributed by atoms with Crippen molar-refractivity contribution in [2.24, 2.45) is 5.92 Å². The normalized spacial score (nSPS) is 29.2. The molecule has 3 saturated heterocycles. The minimum absolute atomic E-state index is 0.0884. The fraction of sp³-hybridized carbons (Fsp3) is 0.562. The monoisotopic (exact) mass is 664 g/mol.